The second kappa shape index (κ2) is 7.89. The number of pyridine rings is 1. The number of fused-ring (bicyclic) bond motifs is 2. The summed E-state index contributed by atoms with van der Waals surface area (Å²) in [6.07, 6.45) is 6.79. The van der Waals surface area contributed by atoms with Gasteiger partial charge >= 0.3 is 0 Å². The fourth-order valence-corrected chi connectivity index (χ4v) is 4.44. The predicted octanol–water partition coefficient (Wildman–Crippen LogP) is 2.41. The number of carbonyl (C=O) groups excluding carboxylic acids is 1. The number of hydrogen-bond acceptors (Lipinski definition) is 4. The zero-order valence-corrected chi connectivity index (χ0v) is 17.0. The summed E-state index contributed by atoms with van der Waals surface area (Å²) in [6.45, 7) is 2.42. The van der Waals surface area contributed by atoms with Gasteiger partial charge in [-0.3, -0.25) is 9.59 Å². The van der Waals surface area contributed by atoms with Crippen LogP contribution in [0.25, 0.3) is 0 Å². The van der Waals surface area contributed by atoms with Gasteiger partial charge in [-0.25, -0.2) is 0 Å². The summed E-state index contributed by atoms with van der Waals surface area (Å²) >= 11 is 0. The maximum absolute atomic E-state index is 13.2. The van der Waals surface area contributed by atoms with E-state index in [1.165, 1.54) is 0 Å². The van der Waals surface area contributed by atoms with Crippen LogP contribution in [-0.4, -0.2) is 36.7 Å². The number of rotatable bonds is 3. The van der Waals surface area contributed by atoms with Crippen molar-refractivity contribution in [2.75, 3.05) is 6.54 Å². The molecule has 0 radical (unpaired) electrons. The number of benzene rings is 1. The van der Waals surface area contributed by atoms with Gasteiger partial charge in [-0.2, -0.15) is 0 Å². The van der Waals surface area contributed by atoms with Gasteiger partial charge in [0.1, 0.15) is 5.82 Å². The van der Waals surface area contributed by atoms with E-state index in [2.05, 4.69) is 10.2 Å². The Hall–Kier alpha value is -3.22. The molecule has 5 rings (SSSR count). The van der Waals surface area contributed by atoms with Gasteiger partial charge in [0, 0.05) is 38.3 Å². The summed E-state index contributed by atoms with van der Waals surface area (Å²) in [4.78, 5) is 27.6. The van der Waals surface area contributed by atoms with Crippen molar-refractivity contribution in [3.05, 3.63) is 81.3 Å². The first-order valence-corrected chi connectivity index (χ1v) is 10.7. The number of amides is 1. The van der Waals surface area contributed by atoms with Crippen LogP contribution in [0.15, 0.2) is 47.4 Å². The quantitative estimate of drug-likeness (QED) is 0.673. The molecule has 0 saturated carbocycles. The molecule has 0 atom stereocenters. The normalized spacial score (nSPS) is 15.9. The Morgan fingerprint density at radius 1 is 0.967 bits per heavy atom. The number of nitrogens with zero attached hydrogens (tertiary/aromatic N) is 5. The molecule has 0 fully saturated rings. The first kappa shape index (κ1) is 18.8. The lowest BCUT2D eigenvalue weighted by Gasteiger charge is -2.29. The maximum atomic E-state index is 13.2. The molecule has 30 heavy (non-hydrogen) atoms. The Bertz CT molecular complexity index is 1130. The molecule has 1 aromatic carbocycles. The molecule has 0 saturated heterocycles. The van der Waals surface area contributed by atoms with Crippen LogP contribution in [0.4, 0.5) is 0 Å². The van der Waals surface area contributed by atoms with Crippen molar-refractivity contribution in [2.45, 2.75) is 51.7 Å². The zero-order valence-electron chi connectivity index (χ0n) is 17.0. The molecular weight excluding hydrogens is 378 g/mol. The second-order valence-electron chi connectivity index (χ2n) is 8.15. The van der Waals surface area contributed by atoms with E-state index in [0.29, 0.717) is 31.9 Å². The van der Waals surface area contributed by atoms with Crippen LogP contribution in [-0.2, 0) is 32.5 Å². The fraction of sp³-hybridized carbons (Fsp3) is 0.391. The highest BCUT2D eigenvalue weighted by molar-refractivity contribution is 5.91. The smallest absolute Gasteiger partial charge is 0.292 e. The number of hydrogen-bond donors (Lipinski definition) is 0. The van der Waals surface area contributed by atoms with Crippen LogP contribution in [0.1, 0.15) is 52.4 Å². The van der Waals surface area contributed by atoms with Gasteiger partial charge in [0.15, 0.2) is 0 Å². The third kappa shape index (κ3) is 3.56. The number of aryl methyl sites for hydroxylation is 1. The molecular formula is C23H25N5O2. The monoisotopic (exact) mass is 403 g/mol. The second-order valence-corrected chi connectivity index (χ2v) is 8.15. The Morgan fingerprint density at radius 3 is 2.70 bits per heavy atom. The average Bonchev–Trinajstić information content (AvgIpc) is 3.02. The van der Waals surface area contributed by atoms with Gasteiger partial charge < -0.3 is 14.0 Å². The molecule has 1 amide bonds. The Kier molecular flexibility index (Phi) is 4.94. The molecule has 2 aromatic heterocycles. The molecule has 7 nitrogen and oxygen atoms in total. The van der Waals surface area contributed by atoms with Crippen molar-refractivity contribution in [2.24, 2.45) is 0 Å². The molecule has 0 aliphatic carbocycles. The van der Waals surface area contributed by atoms with E-state index in [-0.39, 0.29) is 11.5 Å². The average molecular weight is 403 g/mol. The highest BCUT2D eigenvalue weighted by atomic mass is 16.2. The molecule has 0 bridgehead atoms. The molecule has 3 aromatic rings. The van der Waals surface area contributed by atoms with E-state index in [4.69, 9.17) is 0 Å². The minimum Gasteiger partial charge on any atom is -0.331 e. The molecule has 154 valence electrons. The van der Waals surface area contributed by atoms with Crippen LogP contribution in [0.3, 0.4) is 0 Å². The van der Waals surface area contributed by atoms with Crippen LogP contribution in [0.2, 0.25) is 0 Å². The molecule has 2 aliphatic heterocycles. The highest BCUT2D eigenvalue weighted by Crippen LogP contribution is 2.21. The van der Waals surface area contributed by atoms with Gasteiger partial charge in [-0.1, -0.05) is 36.8 Å². The van der Waals surface area contributed by atoms with Gasteiger partial charge in [0.05, 0.1) is 6.54 Å². The maximum Gasteiger partial charge on any atom is 0.292 e. The summed E-state index contributed by atoms with van der Waals surface area (Å²) in [6, 6.07) is 11.7. The van der Waals surface area contributed by atoms with Crippen molar-refractivity contribution < 1.29 is 4.79 Å². The third-order valence-corrected chi connectivity index (χ3v) is 6.10. The highest BCUT2D eigenvalue weighted by Gasteiger charge is 2.28. The third-order valence-electron chi connectivity index (χ3n) is 6.10. The number of carbonyl (C=O) groups is 1. The standard InChI is InChI=1S/C23H25N5O2/c29-21-13-18-10-12-26(15-19(18)16-27(21)14-17-7-3-1-4-8-17)23(30)22-25-24-20-9-5-2-6-11-28(20)22/h1,3-4,7-8,13,16H,2,5-6,9-12,14-15H2. The predicted molar refractivity (Wildman–Crippen MR) is 112 cm³/mol. The van der Waals surface area contributed by atoms with Crippen LogP contribution >= 0.6 is 0 Å². The summed E-state index contributed by atoms with van der Waals surface area (Å²) in [7, 11) is 0. The van der Waals surface area contributed by atoms with Crippen LogP contribution in [0, 0.1) is 0 Å². The first-order chi connectivity index (χ1) is 14.7. The Balaban J connectivity index is 1.39. The molecule has 7 heteroatoms. The fourth-order valence-electron chi connectivity index (χ4n) is 4.44. The molecule has 2 aliphatic rings. The Morgan fingerprint density at radius 2 is 1.83 bits per heavy atom. The van der Waals surface area contributed by atoms with E-state index in [1.807, 2.05) is 46.0 Å². The lowest BCUT2D eigenvalue weighted by atomic mass is 10.0. The van der Waals surface area contributed by atoms with Crippen molar-refractivity contribution in [3.8, 4) is 0 Å². The SMILES string of the molecule is O=C(c1nnc2n1CCCCC2)N1CCc2cc(=O)n(Cc3ccccc3)cc2C1. The van der Waals surface area contributed by atoms with Crippen molar-refractivity contribution >= 4 is 5.91 Å². The van der Waals surface area contributed by atoms with E-state index < -0.39 is 0 Å². The molecule has 0 N–H and O–H groups in total. The first-order valence-electron chi connectivity index (χ1n) is 10.7. The lowest BCUT2D eigenvalue weighted by molar-refractivity contribution is 0.0715. The molecule has 0 unspecified atom stereocenters. The van der Waals surface area contributed by atoms with E-state index in [1.54, 1.807) is 10.6 Å². The van der Waals surface area contributed by atoms with Crippen molar-refractivity contribution in [3.63, 3.8) is 0 Å². The topological polar surface area (TPSA) is 73.0 Å². The minimum absolute atomic E-state index is 0.000144. The lowest BCUT2D eigenvalue weighted by Crippen LogP contribution is -2.38. The summed E-state index contributed by atoms with van der Waals surface area (Å²) in [5.74, 6) is 1.31. The van der Waals surface area contributed by atoms with Gasteiger partial charge in [0.2, 0.25) is 5.82 Å². The Labute approximate surface area is 175 Å². The zero-order chi connectivity index (χ0) is 20.5. The minimum atomic E-state index is -0.0675. The van der Waals surface area contributed by atoms with Crippen LogP contribution < -0.4 is 5.56 Å². The largest absolute Gasteiger partial charge is 0.331 e. The van der Waals surface area contributed by atoms with Gasteiger partial charge in [-0.05, 0) is 36.0 Å². The summed E-state index contributed by atoms with van der Waals surface area (Å²) in [5.41, 5.74) is 3.14. The number of aromatic nitrogens is 4. The van der Waals surface area contributed by atoms with E-state index >= 15 is 0 Å². The van der Waals surface area contributed by atoms with Crippen molar-refractivity contribution in [1.29, 1.82) is 0 Å². The summed E-state index contributed by atoms with van der Waals surface area (Å²) < 4.78 is 3.73. The van der Waals surface area contributed by atoms with Crippen molar-refractivity contribution in [1.82, 2.24) is 24.2 Å². The van der Waals surface area contributed by atoms with E-state index in [9.17, 15) is 9.59 Å². The van der Waals surface area contributed by atoms with Crippen LogP contribution in [0.5, 0.6) is 0 Å². The summed E-state index contributed by atoms with van der Waals surface area (Å²) in [5, 5.41) is 8.49. The molecule has 4 heterocycles. The molecule has 0 spiro atoms. The van der Waals surface area contributed by atoms with E-state index in [0.717, 1.165) is 54.7 Å². The van der Waals surface area contributed by atoms with Gasteiger partial charge in [0.25, 0.3) is 11.5 Å². The van der Waals surface area contributed by atoms with Gasteiger partial charge in [-0.15, -0.1) is 10.2 Å².